The smallest absolute Gasteiger partial charge is 0.0159 e. The van der Waals surface area contributed by atoms with Gasteiger partial charge in [-0.25, -0.2) is 0 Å². The molecule has 1 aromatic heterocycles. The molecule has 0 fully saturated rings. The summed E-state index contributed by atoms with van der Waals surface area (Å²) in [6.07, 6.45) is 3.96. The van der Waals surface area contributed by atoms with Crippen LogP contribution in [0.2, 0.25) is 0 Å². The molecule has 1 heterocycles. The van der Waals surface area contributed by atoms with E-state index in [0.717, 1.165) is 0 Å². The number of nitrogens with zero attached hydrogens (tertiary/aromatic N) is 1. The maximum absolute atomic E-state index is 3.58. The first-order valence-corrected chi connectivity index (χ1v) is 3.18. The molecule has 0 atom stereocenters. The highest BCUT2D eigenvalue weighted by molar-refractivity contribution is 8.00. The second kappa shape index (κ2) is 2.62. The van der Waals surface area contributed by atoms with Crippen molar-refractivity contribution in [3.05, 3.63) is 36.5 Å². The van der Waals surface area contributed by atoms with Gasteiger partial charge >= 0.3 is 0 Å². The summed E-state index contributed by atoms with van der Waals surface area (Å²) in [4.78, 5) is 0. The second-order valence-electron chi connectivity index (χ2n) is 1.32. The van der Waals surface area contributed by atoms with E-state index < -0.39 is 0 Å². The predicted molar refractivity (Wildman–Crippen MR) is 37.6 cm³/mol. The molecule has 8 heavy (non-hydrogen) atoms. The third-order valence-corrected chi connectivity index (χ3v) is 1.41. The van der Waals surface area contributed by atoms with Crippen molar-refractivity contribution in [1.82, 2.24) is 3.97 Å². The molecule has 0 aliphatic heterocycles. The van der Waals surface area contributed by atoms with Gasteiger partial charge in [0.1, 0.15) is 0 Å². The third kappa shape index (κ3) is 1.17. The molecule has 1 rings (SSSR count). The van der Waals surface area contributed by atoms with E-state index in [2.05, 4.69) is 6.58 Å². The minimum atomic E-state index is 1.56. The minimum Gasteiger partial charge on any atom is -0.295 e. The molecule has 0 aliphatic rings. The van der Waals surface area contributed by atoms with Crippen LogP contribution in [0.3, 0.4) is 0 Å². The number of rotatable bonds is 2. The SMILES string of the molecule is C=CSn1cccc1. The molecule has 0 bridgehead atoms. The zero-order valence-corrected chi connectivity index (χ0v) is 5.27. The molecule has 0 aliphatic carbocycles. The van der Waals surface area contributed by atoms with Crippen LogP contribution in [-0.2, 0) is 0 Å². The van der Waals surface area contributed by atoms with Crippen LogP contribution < -0.4 is 0 Å². The summed E-state index contributed by atoms with van der Waals surface area (Å²) in [5.74, 6) is 0. The molecule has 0 radical (unpaired) electrons. The Bertz CT molecular complexity index is 155. The Morgan fingerprint density at radius 2 is 2.00 bits per heavy atom. The van der Waals surface area contributed by atoms with Crippen LogP contribution in [0.5, 0.6) is 0 Å². The topological polar surface area (TPSA) is 4.93 Å². The highest BCUT2D eigenvalue weighted by Crippen LogP contribution is 2.04. The summed E-state index contributed by atoms with van der Waals surface area (Å²) < 4.78 is 1.98. The molecular formula is C6H7NS. The maximum atomic E-state index is 3.58. The average molecular weight is 125 g/mol. The molecule has 0 aromatic carbocycles. The van der Waals surface area contributed by atoms with Gasteiger partial charge in [-0.05, 0) is 29.5 Å². The maximum Gasteiger partial charge on any atom is 0.0159 e. The van der Waals surface area contributed by atoms with Crippen molar-refractivity contribution in [2.45, 2.75) is 0 Å². The van der Waals surface area contributed by atoms with Gasteiger partial charge in [0.15, 0.2) is 0 Å². The fraction of sp³-hybridized carbons (Fsp3) is 0. The lowest BCUT2D eigenvalue weighted by Crippen LogP contribution is -1.72. The van der Waals surface area contributed by atoms with Crippen molar-refractivity contribution in [2.24, 2.45) is 0 Å². The lowest BCUT2D eigenvalue weighted by molar-refractivity contribution is 1.30. The number of aromatic nitrogens is 1. The van der Waals surface area contributed by atoms with Crippen LogP contribution in [0.1, 0.15) is 0 Å². The van der Waals surface area contributed by atoms with Gasteiger partial charge in [-0.1, -0.05) is 6.58 Å². The largest absolute Gasteiger partial charge is 0.295 e. The first-order chi connectivity index (χ1) is 3.93. The van der Waals surface area contributed by atoms with Crippen LogP contribution in [0, 0.1) is 0 Å². The van der Waals surface area contributed by atoms with Gasteiger partial charge < -0.3 is 0 Å². The molecule has 42 valence electrons. The van der Waals surface area contributed by atoms with Gasteiger partial charge in [-0.2, -0.15) is 0 Å². The summed E-state index contributed by atoms with van der Waals surface area (Å²) in [6, 6.07) is 3.97. The Morgan fingerprint density at radius 1 is 1.38 bits per heavy atom. The Balaban J connectivity index is 2.62. The quantitative estimate of drug-likeness (QED) is 0.586. The van der Waals surface area contributed by atoms with E-state index in [1.807, 2.05) is 28.5 Å². The van der Waals surface area contributed by atoms with Crippen LogP contribution >= 0.6 is 11.9 Å². The minimum absolute atomic E-state index is 1.56. The Kier molecular flexibility index (Phi) is 1.80. The Labute approximate surface area is 53.1 Å². The number of hydrogen-bond donors (Lipinski definition) is 0. The van der Waals surface area contributed by atoms with Crippen molar-refractivity contribution in [2.75, 3.05) is 0 Å². The van der Waals surface area contributed by atoms with Crippen LogP contribution in [-0.4, -0.2) is 3.97 Å². The molecule has 0 amide bonds. The van der Waals surface area contributed by atoms with E-state index >= 15 is 0 Å². The standard InChI is InChI=1S/C6H7NS/c1-2-8-7-5-3-4-6-7/h2-6H,1H2. The van der Waals surface area contributed by atoms with E-state index in [4.69, 9.17) is 0 Å². The highest BCUT2D eigenvalue weighted by atomic mass is 32.2. The van der Waals surface area contributed by atoms with Crippen molar-refractivity contribution in [3.8, 4) is 0 Å². The Morgan fingerprint density at radius 3 is 2.50 bits per heavy atom. The molecule has 0 saturated heterocycles. The summed E-state index contributed by atoms with van der Waals surface area (Å²) in [7, 11) is 0. The first-order valence-electron chi connectivity index (χ1n) is 2.34. The molecular weight excluding hydrogens is 118 g/mol. The molecule has 0 unspecified atom stereocenters. The molecule has 2 heteroatoms. The van der Waals surface area contributed by atoms with Crippen LogP contribution in [0.4, 0.5) is 0 Å². The van der Waals surface area contributed by atoms with Gasteiger partial charge in [-0.15, -0.1) is 0 Å². The molecule has 1 nitrogen and oxygen atoms in total. The van der Waals surface area contributed by atoms with Gasteiger partial charge in [0.25, 0.3) is 0 Å². The monoisotopic (exact) mass is 125 g/mol. The van der Waals surface area contributed by atoms with Gasteiger partial charge in [0.05, 0.1) is 0 Å². The fourth-order valence-electron chi connectivity index (χ4n) is 0.475. The molecule has 1 aromatic rings. The van der Waals surface area contributed by atoms with Gasteiger partial charge in [-0.3, -0.25) is 3.97 Å². The van der Waals surface area contributed by atoms with Crippen LogP contribution in [0.15, 0.2) is 36.5 Å². The Hall–Kier alpha value is -0.630. The second-order valence-corrected chi connectivity index (χ2v) is 2.28. The van der Waals surface area contributed by atoms with E-state index in [9.17, 15) is 0 Å². The fourth-order valence-corrected chi connectivity index (χ4v) is 0.928. The van der Waals surface area contributed by atoms with Crippen molar-refractivity contribution in [1.29, 1.82) is 0 Å². The van der Waals surface area contributed by atoms with E-state index in [1.54, 1.807) is 17.4 Å². The van der Waals surface area contributed by atoms with Crippen molar-refractivity contribution in [3.63, 3.8) is 0 Å². The molecule has 0 saturated carbocycles. The summed E-state index contributed by atoms with van der Waals surface area (Å²) in [5, 5.41) is 1.79. The first kappa shape index (κ1) is 5.51. The summed E-state index contributed by atoms with van der Waals surface area (Å²) in [5.41, 5.74) is 0. The predicted octanol–water partition coefficient (Wildman–Crippen LogP) is 2.13. The normalized spacial score (nSPS) is 9.00. The van der Waals surface area contributed by atoms with Gasteiger partial charge in [0, 0.05) is 12.4 Å². The van der Waals surface area contributed by atoms with Crippen molar-refractivity contribution < 1.29 is 0 Å². The lowest BCUT2D eigenvalue weighted by atomic mass is 10.7. The van der Waals surface area contributed by atoms with Crippen molar-refractivity contribution >= 4 is 11.9 Å². The average Bonchev–Trinajstić information content (AvgIpc) is 2.19. The molecule has 0 N–H and O–H groups in total. The van der Waals surface area contributed by atoms with Gasteiger partial charge in [0.2, 0.25) is 0 Å². The lowest BCUT2D eigenvalue weighted by Gasteiger charge is -1.89. The van der Waals surface area contributed by atoms with E-state index in [1.165, 1.54) is 0 Å². The molecule has 0 spiro atoms. The number of hydrogen-bond acceptors (Lipinski definition) is 1. The zero-order valence-electron chi connectivity index (χ0n) is 4.45. The highest BCUT2D eigenvalue weighted by Gasteiger charge is 1.79. The third-order valence-electron chi connectivity index (χ3n) is 0.773. The van der Waals surface area contributed by atoms with Crippen LogP contribution in [0.25, 0.3) is 0 Å². The van der Waals surface area contributed by atoms with E-state index in [0.29, 0.717) is 0 Å². The van der Waals surface area contributed by atoms with E-state index in [-0.39, 0.29) is 0 Å². The summed E-state index contributed by atoms with van der Waals surface area (Å²) in [6.45, 7) is 3.58. The zero-order chi connectivity index (χ0) is 5.82. The summed E-state index contributed by atoms with van der Waals surface area (Å²) >= 11 is 1.56.